The fraction of sp³-hybridized carbons (Fsp3) is 0.857. The van der Waals surface area contributed by atoms with Crippen LogP contribution in [-0.4, -0.2) is 40.9 Å². The molecule has 3 rings (SSSR count). The van der Waals surface area contributed by atoms with Crippen LogP contribution in [-0.2, 0) is 4.79 Å². The first-order valence-corrected chi connectivity index (χ1v) is 4.00. The molecule has 3 saturated heterocycles. The number of aliphatic hydroxyl groups is 1. The summed E-state index contributed by atoms with van der Waals surface area (Å²) in [6.45, 7) is 1.70. The van der Waals surface area contributed by atoms with Crippen molar-refractivity contribution in [3.05, 3.63) is 0 Å². The maximum absolute atomic E-state index is 11.3. The molecule has 2 bridgehead atoms. The predicted molar refractivity (Wildman–Crippen MR) is 38.2 cm³/mol. The molecule has 0 spiro atoms. The molecule has 3 heterocycles. The van der Waals surface area contributed by atoms with Crippen LogP contribution in [0.25, 0.3) is 0 Å². The highest BCUT2D eigenvalue weighted by Crippen LogP contribution is 2.27. The summed E-state index contributed by atoms with van der Waals surface area (Å²) in [7, 11) is 0. The Balaban J connectivity index is 2.16. The Labute approximate surface area is 65.4 Å². The number of amides is 1. The molecule has 0 unspecified atom stereocenters. The zero-order valence-electron chi connectivity index (χ0n) is 6.36. The summed E-state index contributed by atoms with van der Waals surface area (Å²) in [5.74, 6) is 0.289. The standard InChI is InChI=1S/C7H12N2O2/c10-5-9-7(11)6-1-3-8(9)4-2-6/h6,10H,1-5H2. The maximum atomic E-state index is 11.3. The van der Waals surface area contributed by atoms with Crippen LogP contribution in [0.3, 0.4) is 0 Å². The Morgan fingerprint density at radius 2 is 2.09 bits per heavy atom. The van der Waals surface area contributed by atoms with Gasteiger partial charge in [-0.1, -0.05) is 0 Å². The Morgan fingerprint density at radius 1 is 1.45 bits per heavy atom. The van der Waals surface area contributed by atoms with Crippen LogP contribution in [0.1, 0.15) is 12.8 Å². The fourth-order valence-electron chi connectivity index (χ4n) is 1.86. The van der Waals surface area contributed by atoms with Gasteiger partial charge in [0.1, 0.15) is 6.73 Å². The molecule has 0 aliphatic carbocycles. The Morgan fingerprint density at radius 3 is 2.45 bits per heavy atom. The van der Waals surface area contributed by atoms with Crippen molar-refractivity contribution in [3.8, 4) is 0 Å². The first-order valence-electron chi connectivity index (χ1n) is 4.00. The summed E-state index contributed by atoms with van der Waals surface area (Å²) in [6.07, 6.45) is 1.94. The largest absolute Gasteiger partial charge is 0.375 e. The first kappa shape index (κ1) is 7.06. The third kappa shape index (κ3) is 0.937. The molecule has 3 fully saturated rings. The minimum Gasteiger partial charge on any atom is -0.375 e. The van der Waals surface area contributed by atoms with Crippen LogP contribution in [0, 0.1) is 5.92 Å². The number of piperidine rings is 1. The van der Waals surface area contributed by atoms with E-state index in [0.717, 1.165) is 25.9 Å². The van der Waals surface area contributed by atoms with Gasteiger partial charge >= 0.3 is 0 Å². The van der Waals surface area contributed by atoms with Gasteiger partial charge in [-0.2, -0.15) is 0 Å². The van der Waals surface area contributed by atoms with Gasteiger partial charge in [-0.05, 0) is 12.8 Å². The van der Waals surface area contributed by atoms with Crippen molar-refractivity contribution in [3.63, 3.8) is 0 Å². The number of aliphatic hydroxyl groups excluding tert-OH is 1. The number of fused-ring (bicyclic) bond motifs is 3. The molecule has 0 aromatic rings. The van der Waals surface area contributed by atoms with Crippen molar-refractivity contribution in [1.82, 2.24) is 10.0 Å². The van der Waals surface area contributed by atoms with Crippen molar-refractivity contribution in [2.24, 2.45) is 5.92 Å². The second-order valence-electron chi connectivity index (χ2n) is 3.11. The molecule has 0 saturated carbocycles. The van der Waals surface area contributed by atoms with Gasteiger partial charge < -0.3 is 5.11 Å². The lowest BCUT2D eigenvalue weighted by Crippen LogP contribution is -2.59. The van der Waals surface area contributed by atoms with E-state index < -0.39 is 0 Å². The summed E-state index contributed by atoms with van der Waals surface area (Å²) in [4.78, 5) is 11.3. The molecule has 4 heteroatoms. The summed E-state index contributed by atoms with van der Waals surface area (Å²) in [6, 6.07) is 0. The lowest BCUT2D eigenvalue weighted by atomic mass is 9.94. The van der Waals surface area contributed by atoms with Crippen molar-refractivity contribution in [1.29, 1.82) is 0 Å². The lowest BCUT2D eigenvalue weighted by Gasteiger charge is -2.45. The van der Waals surface area contributed by atoms with Crippen molar-refractivity contribution < 1.29 is 9.90 Å². The zero-order valence-corrected chi connectivity index (χ0v) is 6.36. The second kappa shape index (κ2) is 2.46. The van der Waals surface area contributed by atoms with Crippen LogP contribution in [0.2, 0.25) is 0 Å². The van der Waals surface area contributed by atoms with Gasteiger partial charge in [-0.15, -0.1) is 0 Å². The number of carbonyl (C=O) groups is 1. The molecule has 1 N–H and O–H groups in total. The molecule has 3 aliphatic heterocycles. The number of carbonyl (C=O) groups excluding carboxylic acids is 1. The number of hydrazine groups is 1. The average Bonchev–Trinajstić information content (AvgIpc) is 2.06. The third-order valence-corrected chi connectivity index (χ3v) is 2.55. The summed E-state index contributed by atoms with van der Waals surface area (Å²) in [5, 5.41) is 12.2. The molecule has 11 heavy (non-hydrogen) atoms. The van der Waals surface area contributed by atoms with E-state index in [1.54, 1.807) is 0 Å². The highest BCUT2D eigenvalue weighted by Gasteiger charge is 2.38. The van der Waals surface area contributed by atoms with E-state index in [4.69, 9.17) is 5.11 Å². The van der Waals surface area contributed by atoms with Crippen LogP contribution < -0.4 is 0 Å². The van der Waals surface area contributed by atoms with E-state index >= 15 is 0 Å². The van der Waals surface area contributed by atoms with Crippen molar-refractivity contribution >= 4 is 5.91 Å². The average molecular weight is 156 g/mol. The van der Waals surface area contributed by atoms with Gasteiger partial charge in [0, 0.05) is 19.0 Å². The number of rotatable bonds is 1. The number of nitrogens with zero attached hydrogens (tertiary/aromatic N) is 2. The van der Waals surface area contributed by atoms with Crippen LogP contribution in [0.4, 0.5) is 0 Å². The molecule has 3 aliphatic rings. The highest BCUT2D eigenvalue weighted by atomic mass is 16.3. The van der Waals surface area contributed by atoms with Gasteiger partial charge in [-0.3, -0.25) is 4.79 Å². The lowest BCUT2D eigenvalue weighted by molar-refractivity contribution is -0.185. The molecule has 4 nitrogen and oxygen atoms in total. The van der Waals surface area contributed by atoms with E-state index in [2.05, 4.69) is 0 Å². The summed E-state index contributed by atoms with van der Waals surface area (Å²) < 4.78 is 0. The van der Waals surface area contributed by atoms with Gasteiger partial charge in [0.25, 0.3) is 0 Å². The van der Waals surface area contributed by atoms with Crippen molar-refractivity contribution in [2.75, 3.05) is 19.8 Å². The van der Waals surface area contributed by atoms with Gasteiger partial charge in [0.15, 0.2) is 0 Å². The minimum absolute atomic E-state index is 0.102. The molecule has 0 aromatic carbocycles. The molecule has 62 valence electrons. The molecule has 0 atom stereocenters. The fourth-order valence-corrected chi connectivity index (χ4v) is 1.86. The Bertz CT molecular complexity index is 175. The zero-order chi connectivity index (χ0) is 7.84. The van der Waals surface area contributed by atoms with E-state index in [-0.39, 0.29) is 18.6 Å². The monoisotopic (exact) mass is 156 g/mol. The van der Waals surface area contributed by atoms with Crippen LogP contribution in [0.15, 0.2) is 0 Å². The highest BCUT2D eigenvalue weighted by molar-refractivity contribution is 5.79. The number of hydrogen-bond donors (Lipinski definition) is 1. The number of hydrogen-bond acceptors (Lipinski definition) is 3. The van der Waals surface area contributed by atoms with E-state index in [1.165, 1.54) is 5.01 Å². The van der Waals surface area contributed by atoms with Gasteiger partial charge in [0.05, 0.1) is 0 Å². The normalized spacial score (nSPS) is 36.5. The van der Waals surface area contributed by atoms with E-state index in [0.29, 0.717) is 0 Å². The second-order valence-corrected chi connectivity index (χ2v) is 3.11. The minimum atomic E-state index is -0.157. The van der Waals surface area contributed by atoms with Crippen molar-refractivity contribution in [2.45, 2.75) is 12.8 Å². The maximum Gasteiger partial charge on any atom is 0.242 e. The molecular formula is C7H12N2O2. The summed E-state index contributed by atoms with van der Waals surface area (Å²) >= 11 is 0. The van der Waals surface area contributed by atoms with Crippen LogP contribution >= 0.6 is 0 Å². The molecular weight excluding hydrogens is 144 g/mol. The van der Waals surface area contributed by atoms with Gasteiger partial charge in [-0.25, -0.2) is 10.0 Å². The smallest absolute Gasteiger partial charge is 0.242 e. The third-order valence-electron chi connectivity index (χ3n) is 2.55. The van der Waals surface area contributed by atoms with Gasteiger partial charge in [0.2, 0.25) is 5.91 Å². The Hall–Kier alpha value is -0.610. The topological polar surface area (TPSA) is 43.8 Å². The quantitative estimate of drug-likeness (QED) is 0.551. The van der Waals surface area contributed by atoms with E-state index in [9.17, 15) is 4.79 Å². The molecule has 0 aromatic heterocycles. The summed E-state index contributed by atoms with van der Waals surface area (Å²) in [5.41, 5.74) is 0. The first-order chi connectivity index (χ1) is 5.33. The predicted octanol–water partition coefficient (Wildman–Crippen LogP) is -0.595. The SMILES string of the molecule is O=C1C2CCN(CC2)N1CO. The Kier molecular flexibility index (Phi) is 1.58. The van der Waals surface area contributed by atoms with Crippen LogP contribution in [0.5, 0.6) is 0 Å². The van der Waals surface area contributed by atoms with E-state index in [1.807, 2.05) is 5.01 Å². The molecule has 1 amide bonds. The molecule has 0 radical (unpaired) electrons.